The number of aryl methyl sites for hydroxylation is 1. The quantitative estimate of drug-likeness (QED) is 0.915. The number of hydrogen-bond acceptors (Lipinski definition) is 5. The van der Waals surface area contributed by atoms with E-state index < -0.39 is 10.0 Å². The van der Waals surface area contributed by atoms with Gasteiger partial charge in [0.15, 0.2) is 0 Å². The van der Waals surface area contributed by atoms with Gasteiger partial charge in [-0.15, -0.1) is 0 Å². The number of aromatic nitrogens is 2. The molecule has 0 atom stereocenters. The molecule has 0 amide bonds. The summed E-state index contributed by atoms with van der Waals surface area (Å²) in [6.45, 7) is 1.89. The highest BCUT2D eigenvalue weighted by atomic mass is 32.2. The molecule has 0 radical (unpaired) electrons. The van der Waals surface area contributed by atoms with Gasteiger partial charge < -0.3 is 4.74 Å². The number of rotatable bonds is 5. The van der Waals surface area contributed by atoms with Crippen LogP contribution in [0.1, 0.15) is 18.5 Å². The molecule has 0 unspecified atom stereocenters. The van der Waals surface area contributed by atoms with Crippen LogP contribution in [0.2, 0.25) is 0 Å². The predicted molar refractivity (Wildman–Crippen MR) is 84.3 cm³/mol. The fraction of sp³-hybridized carbons (Fsp3) is 0.333. The first kappa shape index (κ1) is 14.8. The number of ether oxygens (including phenoxy) is 1. The van der Waals surface area contributed by atoms with Crippen LogP contribution in [0.25, 0.3) is 11.1 Å². The number of methoxy groups -OCH3 is 1. The molecule has 1 N–H and O–H groups in total. The van der Waals surface area contributed by atoms with Crippen LogP contribution >= 0.6 is 0 Å². The van der Waals surface area contributed by atoms with E-state index in [0.717, 1.165) is 29.7 Å². The molecule has 0 spiro atoms. The maximum Gasteiger partial charge on any atom is 0.235 e. The fourth-order valence-corrected chi connectivity index (χ4v) is 3.64. The van der Waals surface area contributed by atoms with Gasteiger partial charge in [0.2, 0.25) is 10.0 Å². The van der Waals surface area contributed by atoms with Crippen molar-refractivity contribution in [2.45, 2.75) is 25.0 Å². The van der Waals surface area contributed by atoms with E-state index in [-0.39, 0.29) is 5.25 Å². The average molecular weight is 319 g/mol. The minimum Gasteiger partial charge on any atom is -0.496 e. The molecule has 1 aliphatic carbocycles. The molecular weight excluding hydrogens is 302 g/mol. The second-order valence-corrected chi connectivity index (χ2v) is 7.24. The third-order valence-electron chi connectivity index (χ3n) is 3.63. The van der Waals surface area contributed by atoms with Crippen molar-refractivity contribution >= 4 is 15.7 Å². The van der Waals surface area contributed by atoms with Crippen LogP contribution in [-0.4, -0.2) is 30.7 Å². The van der Waals surface area contributed by atoms with Crippen LogP contribution in [-0.2, 0) is 10.0 Å². The molecule has 116 valence electrons. The molecule has 1 heterocycles. The zero-order valence-corrected chi connectivity index (χ0v) is 13.2. The van der Waals surface area contributed by atoms with Gasteiger partial charge in [-0.3, -0.25) is 4.72 Å². The van der Waals surface area contributed by atoms with Crippen LogP contribution in [0.15, 0.2) is 30.7 Å². The van der Waals surface area contributed by atoms with Crippen LogP contribution in [0.5, 0.6) is 5.75 Å². The smallest absolute Gasteiger partial charge is 0.235 e. The number of sulfonamides is 1. The van der Waals surface area contributed by atoms with E-state index in [0.29, 0.717) is 11.4 Å². The van der Waals surface area contributed by atoms with Crippen molar-refractivity contribution in [2.24, 2.45) is 0 Å². The molecule has 1 saturated carbocycles. The highest BCUT2D eigenvalue weighted by Crippen LogP contribution is 2.35. The topological polar surface area (TPSA) is 81.2 Å². The Morgan fingerprint density at radius 3 is 2.68 bits per heavy atom. The maximum atomic E-state index is 12.0. The zero-order chi connectivity index (χ0) is 15.7. The first-order valence-corrected chi connectivity index (χ1v) is 8.52. The fourth-order valence-electron chi connectivity index (χ4n) is 2.26. The lowest BCUT2D eigenvalue weighted by atomic mass is 10.0. The standard InChI is InChI=1S/C15H17N3O3S/c1-10-14(8-16-9-17-10)13-6-3-11(7-15(13)21-2)18-22(19,20)12-4-5-12/h3,6-9,12,18H,4-5H2,1-2H3. The first-order valence-electron chi connectivity index (χ1n) is 6.98. The Kier molecular flexibility index (Phi) is 3.74. The van der Waals surface area contributed by atoms with Crippen molar-refractivity contribution in [1.82, 2.24) is 9.97 Å². The van der Waals surface area contributed by atoms with Gasteiger partial charge in [-0.2, -0.15) is 0 Å². The number of hydrogen-bond donors (Lipinski definition) is 1. The number of nitrogens with zero attached hydrogens (tertiary/aromatic N) is 2. The van der Waals surface area contributed by atoms with Crippen LogP contribution < -0.4 is 9.46 Å². The maximum absolute atomic E-state index is 12.0. The summed E-state index contributed by atoms with van der Waals surface area (Å²) in [5.41, 5.74) is 3.02. The van der Waals surface area contributed by atoms with E-state index in [9.17, 15) is 8.42 Å². The highest BCUT2D eigenvalue weighted by Gasteiger charge is 2.35. The van der Waals surface area contributed by atoms with Gasteiger partial charge in [0, 0.05) is 29.1 Å². The molecule has 7 heteroatoms. The third kappa shape index (κ3) is 2.89. The average Bonchev–Trinajstić information content (AvgIpc) is 3.33. The summed E-state index contributed by atoms with van der Waals surface area (Å²) in [4.78, 5) is 8.20. The highest BCUT2D eigenvalue weighted by molar-refractivity contribution is 7.93. The van der Waals surface area contributed by atoms with E-state index in [2.05, 4.69) is 14.7 Å². The zero-order valence-electron chi connectivity index (χ0n) is 12.4. The third-order valence-corrected chi connectivity index (χ3v) is 5.50. The van der Waals surface area contributed by atoms with Crippen molar-refractivity contribution in [1.29, 1.82) is 0 Å². The summed E-state index contributed by atoms with van der Waals surface area (Å²) in [7, 11) is -1.73. The normalized spacial score (nSPS) is 14.6. The number of nitrogens with one attached hydrogen (secondary N) is 1. The molecular formula is C15H17N3O3S. The van der Waals surface area contributed by atoms with Gasteiger partial charge in [0.1, 0.15) is 12.1 Å². The molecule has 1 aromatic carbocycles. The van der Waals surface area contributed by atoms with Crippen molar-refractivity contribution in [3.8, 4) is 16.9 Å². The lowest BCUT2D eigenvalue weighted by Crippen LogP contribution is -2.17. The molecule has 1 aliphatic rings. The van der Waals surface area contributed by atoms with Gasteiger partial charge >= 0.3 is 0 Å². The lowest BCUT2D eigenvalue weighted by molar-refractivity contribution is 0.416. The molecule has 3 rings (SSSR count). The molecule has 1 fully saturated rings. The summed E-state index contributed by atoms with van der Waals surface area (Å²) in [5.74, 6) is 0.578. The summed E-state index contributed by atoms with van der Waals surface area (Å²) in [6.07, 6.45) is 4.66. The molecule has 0 saturated heterocycles. The van der Waals surface area contributed by atoms with Gasteiger partial charge in [-0.25, -0.2) is 18.4 Å². The van der Waals surface area contributed by atoms with Gasteiger partial charge in [0.05, 0.1) is 18.0 Å². The lowest BCUT2D eigenvalue weighted by Gasteiger charge is -2.13. The Hall–Kier alpha value is -2.15. The minimum absolute atomic E-state index is 0.261. The van der Waals surface area contributed by atoms with Crippen molar-refractivity contribution in [2.75, 3.05) is 11.8 Å². The Balaban J connectivity index is 1.96. The SMILES string of the molecule is COc1cc(NS(=O)(=O)C2CC2)ccc1-c1cncnc1C. The van der Waals surface area contributed by atoms with Crippen molar-refractivity contribution in [3.05, 3.63) is 36.4 Å². The van der Waals surface area contributed by atoms with Gasteiger partial charge in [0.25, 0.3) is 0 Å². The van der Waals surface area contributed by atoms with Crippen LogP contribution in [0.3, 0.4) is 0 Å². The van der Waals surface area contributed by atoms with Crippen molar-refractivity contribution < 1.29 is 13.2 Å². The molecule has 2 aromatic rings. The van der Waals surface area contributed by atoms with Crippen molar-refractivity contribution in [3.63, 3.8) is 0 Å². The van der Waals surface area contributed by atoms with Gasteiger partial charge in [-0.05, 0) is 31.9 Å². The molecule has 1 aromatic heterocycles. The monoisotopic (exact) mass is 319 g/mol. The molecule has 22 heavy (non-hydrogen) atoms. The summed E-state index contributed by atoms with van der Waals surface area (Å²) in [5, 5.41) is -0.261. The summed E-state index contributed by atoms with van der Waals surface area (Å²) < 4.78 is 32.0. The summed E-state index contributed by atoms with van der Waals surface area (Å²) >= 11 is 0. The van der Waals surface area contributed by atoms with Crippen LogP contribution in [0, 0.1) is 6.92 Å². The number of benzene rings is 1. The number of anilines is 1. The van der Waals surface area contributed by atoms with E-state index in [1.165, 1.54) is 6.33 Å². The van der Waals surface area contributed by atoms with E-state index in [4.69, 9.17) is 4.74 Å². The molecule has 0 bridgehead atoms. The second kappa shape index (κ2) is 5.57. The molecule has 6 nitrogen and oxygen atoms in total. The minimum atomic E-state index is -3.28. The predicted octanol–water partition coefficient (Wildman–Crippen LogP) is 2.36. The molecule has 0 aliphatic heterocycles. The Labute approximate surface area is 129 Å². The summed E-state index contributed by atoms with van der Waals surface area (Å²) in [6, 6.07) is 5.22. The van der Waals surface area contributed by atoms with Crippen LogP contribution in [0.4, 0.5) is 5.69 Å². The van der Waals surface area contributed by atoms with Gasteiger partial charge in [-0.1, -0.05) is 0 Å². The van der Waals surface area contributed by atoms with E-state index in [1.807, 2.05) is 13.0 Å². The Morgan fingerprint density at radius 2 is 2.05 bits per heavy atom. The Bertz CT molecular complexity index is 801. The first-order chi connectivity index (χ1) is 10.5. The van der Waals surface area contributed by atoms with E-state index >= 15 is 0 Å². The Morgan fingerprint density at radius 1 is 1.27 bits per heavy atom. The van der Waals surface area contributed by atoms with E-state index in [1.54, 1.807) is 25.4 Å². The largest absolute Gasteiger partial charge is 0.496 e. The second-order valence-electron chi connectivity index (χ2n) is 5.28.